The van der Waals surface area contributed by atoms with Crippen molar-refractivity contribution in [1.82, 2.24) is 10.6 Å². The van der Waals surface area contributed by atoms with Crippen molar-refractivity contribution in [1.29, 1.82) is 0 Å². The van der Waals surface area contributed by atoms with Crippen LogP contribution >= 0.6 is 0 Å². The van der Waals surface area contributed by atoms with Gasteiger partial charge >= 0.3 is 6.18 Å². The minimum absolute atomic E-state index is 0.0607. The normalized spacial score (nSPS) is 12.0. The highest BCUT2D eigenvalue weighted by Gasteiger charge is 2.28. The average Bonchev–Trinajstić information content (AvgIpc) is 2.69. The molecule has 2 aromatic rings. The predicted octanol–water partition coefficient (Wildman–Crippen LogP) is 3.68. The summed E-state index contributed by atoms with van der Waals surface area (Å²) in [6.45, 7) is 3.54. The first kappa shape index (κ1) is 22.5. The van der Waals surface area contributed by atoms with Crippen molar-refractivity contribution in [2.75, 3.05) is 13.2 Å². The lowest BCUT2D eigenvalue weighted by Crippen LogP contribution is -2.37. The summed E-state index contributed by atoms with van der Waals surface area (Å²) in [7, 11) is 0. The summed E-state index contributed by atoms with van der Waals surface area (Å²) in [4.78, 5) is 4.46. The van der Waals surface area contributed by atoms with Crippen molar-refractivity contribution in [2.45, 2.75) is 39.7 Å². The van der Waals surface area contributed by atoms with Crippen LogP contribution in [-0.2, 0) is 19.7 Å². The molecule has 29 heavy (non-hydrogen) atoms. The molecular weight excluding hydrogens is 383 g/mol. The lowest BCUT2D eigenvalue weighted by atomic mass is 10.1. The van der Waals surface area contributed by atoms with Crippen LogP contribution in [0, 0.1) is 6.92 Å². The molecule has 2 rings (SSSR count). The maximum absolute atomic E-state index is 12.5. The van der Waals surface area contributed by atoms with Crippen molar-refractivity contribution >= 4 is 5.96 Å². The Morgan fingerprint density at radius 3 is 2.45 bits per heavy atom. The standard InChI is InChI=1S/C21H26F3N3O2/c1-3-25-20(26-11-16-6-4-5-7-18(16)13-28)27-12-17-9-8-15(2)10-19(17)29-14-21(22,23)24/h4-10,28H,3,11-14H2,1-2H3,(H2,25,26,27). The third-order valence-corrected chi connectivity index (χ3v) is 4.10. The summed E-state index contributed by atoms with van der Waals surface area (Å²) in [5, 5.41) is 15.7. The van der Waals surface area contributed by atoms with Gasteiger partial charge in [-0.05, 0) is 36.6 Å². The lowest BCUT2D eigenvalue weighted by molar-refractivity contribution is -0.153. The van der Waals surface area contributed by atoms with Gasteiger partial charge in [-0.15, -0.1) is 0 Å². The van der Waals surface area contributed by atoms with Crippen LogP contribution < -0.4 is 15.4 Å². The Hall–Kier alpha value is -2.74. The Bertz CT molecular complexity index is 823. The minimum atomic E-state index is -4.40. The third kappa shape index (κ3) is 7.65. The first-order valence-corrected chi connectivity index (χ1v) is 9.31. The van der Waals surface area contributed by atoms with Crippen molar-refractivity contribution in [3.05, 3.63) is 64.7 Å². The molecule has 0 heterocycles. The van der Waals surface area contributed by atoms with E-state index in [0.29, 0.717) is 24.6 Å². The number of hydrogen-bond donors (Lipinski definition) is 3. The number of hydrogen-bond acceptors (Lipinski definition) is 3. The SMILES string of the molecule is CCNC(=NCc1ccc(C)cc1OCC(F)(F)F)NCc1ccccc1CO. The number of aliphatic hydroxyl groups excluding tert-OH is 1. The average molecular weight is 409 g/mol. The zero-order valence-electron chi connectivity index (χ0n) is 16.5. The second-order valence-electron chi connectivity index (χ2n) is 6.49. The molecule has 2 aromatic carbocycles. The molecule has 0 spiro atoms. The van der Waals surface area contributed by atoms with E-state index < -0.39 is 12.8 Å². The molecule has 0 saturated heterocycles. The third-order valence-electron chi connectivity index (χ3n) is 4.10. The smallest absolute Gasteiger partial charge is 0.422 e. The van der Waals surface area contributed by atoms with Gasteiger partial charge in [0.25, 0.3) is 0 Å². The van der Waals surface area contributed by atoms with E-state index in [1.807, 2.05) is 37.3 Å². The van der Waals surface area contributed by atoms with E-state index in [2.05, 4.69) is 15.6 Å². The molecule has 0 radical (unpaired) electrons. The van der Waals surface area contributed by atoms with Gasteiger partial charge in [0.1, 0.15) is 5.75 Å². The number of aryl methyl sites for hydroxylation is 1. The maximum Gasteiger partial charge on any atom is 0.422 e. The molecule has 5 nitrogen and oxygen atoms in total. The number of ether oxygens (including phenoxy) is 1. The van der Waals surface area contributed by atoms with Crippen LogP contribution in [0.15, 0.2) is 47.5 Å². The fourth-order valence-corrected chi connectivity index (χ4v) is 2.66. The number of alkyl halides is 3. The molecule has 0 unspecified atom stereocenters. The second kappa shape index (κ2) is 10.7. The van der Waals surface area contributed by atoms with Crippen LogP contribution in [0.5, 0.6) is 5.75 Å². The van der Waals surface area contributed by atoms with E-state index in [0.717, 1.165) is 16.7 Å². The summed E-state index contributed by atoms with van der Waals surface area (Å²) in [5.41, 5.74) is 3.12. The lowest BCUT2D eigenvalue weighted by Gasteiger charge is -2.15. The predicted molar refractivity (Wildman–Crippen MR) is 107 cm³/mol. The first-order chi connectivity index (χ1) is 13.8. The monoisotopic (exact) mass is 409 g/mol. The summed E-state index contributed by atoms with van der Waals surface area (Å²) in [6.07, 6.45) is -4.40. The van der Waals surface area contributed by atoms with Gasteiger partial charge in [0, 0.05) is 18.7 Å². The molecule has 158 valence electrons. The Morgan fingerprint density at radius 2 is 1.79 bits per heavy atom. The maximum atomic E-state index is 12.5. The van der Waals surface area contributed by atoms with Gasteiger partial charge in [0.2, 0.25) is 0 Å². The summed E-state index contributed by atoms with van der Waals surface area (Å²) in [6, 6.07) is 12.6. The molecule has 3 N–H and O–H groups in total. The molecule has 0 atom stereocenters. The van der Waals surface area contributed by atoms with Crippen LogP contribution in [0.3, 0.4) is 0 Å². The second-order valence-corrected chi connectivity index (χ2v) is 6.49. The van der Waals surface area contributed by atoms with E-state index >= 15 is 0 Å². The van der Waals surface area contributed by atoms with E-state index in [9.17, 15) is 18.3 Å². The van der Waals surface area contributed by atoms with Crippen LogP contribution in [0.1, 0.15) is 29.2 Å². The molecule has 0 amide bonds. The quantitative estimate of drug-likeness (QED) is 0.460. The number of nitrogens with zero attached hydrogens (tertiary/aromatic N) is 1. The number of guanidine groups is 1. The van der Waals surface area contributed by atoms with Gasteiger partial charge in [0.15, 0.2) is 12.6 Å². The summed E-state index contributed by atoms with van der Waals surface area (Å²) < 4.78 is 42.5. The minimum Gasteiger partial charge on any atom is -0.484 e. The molecule has 0 bridgehead atoms. The Labute approximate surface area is 168 Å². The van der Waals surface area contributed by atoms with Gasteiger partial charge in [0.05, 0.1) is 13.2 Å². The zero-order chi connectivity index (χ0) is 21.3. The molecule has 8 heteroatoms. The highest BCUT2D eigenvalue weighted by molar-refractivity contribution is 5.79. The molecule has 0 saturated carbocycles. The van der Waals surface area contributed by atoms with Crippen molar-refractivity contribution in [3.63, 3.8) is 0 Å². The molecular formula is C21H26F3N3O2. The fraction of sp³-hybridized carbons (Fsp3) is 0.381. The zero-order valence-corrected chi connectivity index (χ0v) is 16.5. The largest absolute Gasteiger partial charge is 0.484 e. The molecule has 0 aromatic heterocycles. The van der Waals surface area contributed by atoms with E-state index in [1.165, 1.54) is 0 Å². The summed E-state index contributed by atoms with van der Waals surface area (Å²) in [5.74, 6) is 0.690. The van der Waals surface area contributed by atoms with Gasteiger partial charge < -0.3 is 20.5 Å². The number of rotatable bonds is 8. The fourth-order valence-electron chi connectivity index (χ4n) is 2.66. The van der Waals surface area contributed by atoms with Crippen molar-refractivity contribution in [2.24, 2.45) is 4.99 Å². The Kier molecular flexibility index (Phi) is 8.33. The highest BCUT2D eigenvalue weighted by atomic mass is 19.4. The first-order valence-electron chi connectivity index (χ1n) is 9.31. The van der Waals surface area contributed by atoms with Gasteiger partial charge in [-0.25, -0.2) is 4.99 Å². The number of aliphatic hydroxyl groups is 1. The number of aliphatic imine (C=N–C) groups is 1. The van der Waals surface area contributed by atoms with Gasteiger partial charge in [-0.3, -0.25) is 0 Å². The number of halogens is 3. The van der Waals surface area contributed by atoms with Gasteiger partial charge in [-0.1, -0.05) is 36.4 Å². The highest BCUT2D eigenvalue weighted by Crippen LogP contribution is 2.24. The van der Waals surface area contributed by atoms with Gasteiger partial charge in [-0.2, -0.15) is 13.2 Å². The molecule has 0 aliphatic heterocycles. The van der Waals surface area contributed by atoms with Crippen LogP contribution in [0.2, 0.25) is 0 Å². The topological polar surface area (TPSA) is 65.9 Å². The van der Waals surface area contributed by atoms with Crippen LogP contribution in [0.4, 0.5) is 13.2 Å². The Balaban J connectivity index is 2.11. The van der Waals surface area contributed by atoms with Crippen molar-refractivity contribution < 1.29 is 23.0 Å². The van der Waals surface area contributed by atoms with E-state index in [4.69, 9.17) is 4.74 Å². The van der Waals surface area contributed by atoms with Crippen LogP contribution in [0.25, 0.3) is 0 Å². The van der Waals surface area contributed by atoms with Crippen LogP contribution in [-0.4, -0.2) is 30.4 Å². The van der Waals surface area contributed by atoms with E-state index in [-0.39, 0.29) is 18.9 Å². The summed E-state index contributed by atoms with van der Waals surface area (Å²) >= 11 is 0. The number of benzene rings is 2. The number of nitrogens with one attached hydrogen (secondary N) is 2. The van der Waals surface area contributed by atoms with Crippen molar-refractivity contribution in [3.8, 4) is 5.75 Å². The van der Waals surface area contributed by atoms with E-state index in [1.54, 1.807) is 19.1 Å². The Morgan fingerprint density at radius 1 is 1.07 bits per heavy atom. The molecule has 0 fully saturated rings. The molecule has 0 aliphatic carbocycles. The molecule has 0 aliphatic rings.